The second kappa shape index (κ2) is 11.7. The third-order valence-corrected chi connectivity index (χ3v) is 14.4. The van der Waals surface area contributed by atoms with Gasteiger partial charge in [-0.2, -0.15) is 0 Å². The van der Waals surface area contributed by atoms with Gasteiger partial charge in [0.25, 0.3) is 0 Å². The molecular formula is C53H43N. The maximum absolute atomic E-state index is 2.55. The highest BCUT2D eigenvalue weighted by molar-refractivity contribution is 6.15. The Labute approximate surface area is 317 Å². The first-order valence-electron chi connectivity index (χ1n) is 20.3. The second-order valence-electron chi connectivity index (χ2n) is 16.9. The topological polar surface area (TPSA) is 3.24 Å². The zero-order valence-electron chi connectivity index (χ0n) is 30.6. The van der Waals surface area contributed by atoms with Gasteiger partial charge in [0.15, 0.2) is 0 Å². The lowest BCUT2D eigenvalue weighted by molar-refractivity contribution is -0.0103. The zero-order valence-corrected chi connectivity index (χ0v) is 30.6. The molecule has 3 fully saturated rings. The van der Waals surface area contributed by atoms with Gasteiger partial charge in [-0.15, -0.1) is 0 Å². The molecule has 0 saturated heterocycles. The smallest absolute Gasteiger partial charge is 0.0546 e. The molecule has 54 heavy (non-hydrogen) atoms. The first kappa shape index (κ1) is 30.8. The van der Waals surface area contributed by atoms with E-state index in [1.807, 2.05) is 0 Å². The van der Waals surface area contributed by atoms with Gasteiger partial charge >= 0.3 is 0 Å². The van der Waals surface area contributed by atoms with Crippen LogP contribution in [-0.2, 0) is 5.41 Å². The quantitative estimate of drug-likeness (QED) is 0.166. The third kappa shape index (κ3) is 4.39. The first-order valence-corrected chi connectivity index (χ1v) is 20.3. The molecule has 5 unspecified atom stereocenters. The Bertz CT molecular complexity index is 2770. The molecule has 8 aromatic carbocycles. The van der Waals surface area contributed by atoms with Crippen molar-refractivity contribution in [3.63, 3.8) is 0 Å². The predicted molar refractivity (Wildman–Crippen MR) is 227 cm³/mol. The van der Waals surface area contributed by atoms with E-state index in [4.69, 9.17) is 0 Å². The molecule has 5 atom stereocenters. The fourth-order valence-electron chi connectivity index (χ4n) is 12.1. The highest BCUT2D eigenvalue weighted by Gasteiger charge is 2.57. The Kier molecular flexibility index (Phi) is 6.65. The van der Waals surface area contributed by atoms with E-state index in [0.717, 1.165) is 29.4 Å². The lowest BCUT2D eigenvalue weighted by Gasteiger charge is -2.57. The maximum atomic E-state index is 2.55. The van der Waals surface area contributed by atoms with Gasteiger partial charge in [0.05, 0.1) is 11.4 Å². The Balaban J connectivity index is 0.997. The molecule has 1 heteroatoms. The van der Waals surface area contributed by atoms with Gasteiger partial charge in [-0.05, 0) is 141 Å². The van der Waals surface area contributed by atoms with Crippen molar-refractivity contribution in [3.05, 3.63) is 175 Å². The molecular weight excluding hydrogens is 651 g/mol. The van der Waals surface area contributed by atoms with Crippen molar-refractivity contribution in [1.82, 2.24) is 0 Å². The molecule has 12 rings (SSSR count). The Morgan fingerprint density at radius 2 is 1.15 bits per heavy atom. The summed E-state index contributed by atoms with van der Waals surface area (Å²) in [6.45, 7) is 0. The molecule has 3 bridgehead atoms. The van der Waals surface area contributed by atoms with Gasteiger partial charge in [0.2, 0.25) is 0 Å². The minimum Gasteiger partial charge on any atom is -0.309 e. The van der Waals surface area contributed by atoms with Crippen molar-refractivity contribution in [3.8, 4) is 22.3 Å². The summed E-state index contributed by atoms with van der Waals surface area (Å²) in [5.74, 6) is 3.56. The molecule has 0 radical (unpaired) electrons. The van der Waals surface area contributed by atoms with E-state index in [2.05, 4.69) is 169 Å². The summed E-state index contributed by atoms with van der Waals surface area (Å²) in [6.07, 6.45) is 8.59. The molecule has 260 valence electrons. The molecule has 0 aliphatic heterocycles. The van der Waals surface area contributed by atoms with Gasteiger partial charge in [0, 0.05) is 21.9 Å². The molecule has 8 aromatic rings. The summed E-state index contributed by atoms with van der Waals surface area (Å²) in [5.41, 5.74) is 12.5. The number of rotatable bonds is 4. The normalized spacial score (nSPS) is 23.6. The molecule has 4 aliphatic rings. The van der Waals surface area contributed by atoms with Crippen LogP contribution in [0, 0.1) is 23.7 Å². The summed E-state index contributed by atoms with van der Waals surface area (Å²) < 4.78 is 0. The standard InChI is InChI=1S/C53H43N/c1-4-14-44-36(10-1)12-9-19-51(44)54(52-32-38-11-2-3-13-43(38)45-15-5-6-17-47(45)52)42-25-22-35(23-26-42)37-24-27-50-48(31-37)46-16-7-8-18-49(46)53(50)33-39-21-20-34-28-40(39)30-41(53)29-34/h1-19,22-27,31-32,34,39-41H,20-21,28-30,33H2. The van der Waals surface area contributed by atoms with Gasteiger partial charge < -0.3 is 4.90 Å². The average Bonchev–Trinajstić information content (AvgIpc) is 3.51. The van der Waals surface area contributed by atoms with Crippen molar-refractivity contribution in [2.24, 2.45) is 23.7 Å². The second-order valence-corrected chi connectivity index (χ2v) is 16.9. The molecule has 1 nitrogen and oxygen atoms in total. The lowest BCUT2D eigenvalue weighted by Crippen LogP contribution is -2.50. The minimum atomic E-state index is 0.191. The fourth-order valence-corrected chi connectivity index (χ4v) is 12.1. The Morgan fingerprint density at radius 1 is 0.444 bits per heavy atom. The number of hydrogen-bond donors (Lipinski definition) is 0. The average molecular weight is 694 g/mol. The number of hydrogen-bond acceptors (Lipinski definition) is 1. The molecule has 0 N–H and O–H groups in total. The van der Waals surface area contributed by atoms with Crippen LogP contribution in [0.15, 0.2) is 164 Å². The van der Waals surface area contributed by atoms with Crippen molar-refractivity contribution in [1.29, 1.82) is 0 Å². The molecule has 1 spiro atoms. The van der Waals surface area contributed by atoms with Crippen LogP contribution in [0.2, 0.25) is 0 Å². The molecule has 0 heterocycles. The van der Waals surface area contributed by atoms with E-state index >= 15 is 0 Å². The van der Waals surface area contributed by atoms with Crippen LogP contribution in [0.5, 0.6) is 0 Å². The van der Waals surface area contributed by atoms with Gasteiger partial charge in [-0.3, -0.25) is 0 Å². The monoisotopic (exact) mass is 693 g/mol. The van der Waals surface area contributed by atoms with Gasteiger partial charge in [0.1, 0.15) is 0 Å². The van der Waals surface area contributed by atoms with Crippen molar-refractivity contribution in [2.45, 2.75) is 43.9 Å². The van der Waals surface area contributed by atoms with E-state index < -0.39 is 0 Å². The Hall–Kier alpha value is -5.66. The number of benzene rings is 8. The summed E-state index contributed by atoms with van der Waals surface area (Å²) in [6, 6.07) is 61.9. The maximum Gasteiger partial charge on any atom is 0.0546 e. The van der Waals surface area contributed by atoms with E-state index in [9.17, 15) is 0 Å². The third-order valence-electron chi connectivity index (χ3n) is 14.4. The van der Waals surface area contributed by atoms with Crippen molar-refractivity contribution in [2.75, 3.05) is 4.90 Å². The predicted octanol–water partition coefficient (Wildman–Crippen LogP) is 14.4. The number of nitrogens with zero attached hydrogens (tertiary/aromatic N) is 1. The molecule has 3 saturated carbocycles. The Morgan fingerprint density at radius 3 is 2.04 bits per heavy atom. The fraction of sp³-hybridized carbons (Fsp3) is 0.208. The van der Waals surface area contributed by atoms with E-state index in [1.165, 1.54) is 104 Å². The van der Waals surface area contributed by atoms with Crippen LogP contribution < -0.4 is 4.90 Å². The molecule has 4 aliphatic carbocycles. The largest absolute Gasteiger partial charge is 0.309 e. The van der Waals surface area contributed by atoms with Crippen LogP contribution >= 0.6 is 0 Å². The summed E-state index contributed by atoms with van der Waals surface area (Å²) in [7, 11) is 0. The number of anilines is 3. The van der Waals surface area contributed by atoms with Crippen molar-refractivity contribution < 1.29 is 0 Å². The van der Waals surface area contributed by atoms with Crippen molar-refractivity contribution >= 4 is 49.4 Å². The van der Waals surface area contributed by atoms with Crippen LogP contribution in [0.4, 0.5) is 17.1 Å². The highest BCUT2D eigenvalue weighted by Crippen LogP contribution is 2.66. The number of fused-ring (bicyclic) bond motifs is 12. The van der Waals surface area contributed by atoms with Crippen LogP contribution in [-0.4, -0.2) is 0 Å². The highest BCUT2D eigenvalue weighted by atomic mass is 15.1. The van der Waals surface area contributed by atoms with E-state index in [1.54, 1.807) is 11.1 Å². The molecule has 0 aromatic heterocycles. The van der Waals surface area contributed by atoms with Crippen LogP contribution in [0.3, 0.4) is 0 Å². The van der Waals surface area contributed by atoms with E-state index in [-0.39, 0.29) is 5.41 Å². The van der Waals surface area contributed by atoms with Crippen LogP contribution in [0.25, 0.3) is 54.6 Å². The lowest BCUT2D eigenvalue weighted by atomic mass is 9.47. The van der Waals surface area contributed by atoms with E-state index in [0.29, 0.717) is 0 Å². The molecule has 0 amide bonds. The van der Waals surface area contributed by atoms with Gasteiger partial charge in [-0.25, -0.2) is 0 Å². The summed E-state index contributed by atoms with van der Waals surface area (Å²) in [5, 5.41) is 7.55. The summed E-state index contributed by atoms with van der Waals surface area (Å²) in [4.78, 5) is 2.48. The summed E-state index contributed by atoms with van der Waals surface area (Å²) >= 11 is 0. The van der Waals surface area contributed by atoms with Crippen LogP contribution in [0.1, 0.15) is 49.7 Å². The zero-order chi connectivity index (χ0) is 35.4. The first-order chi connectivity index (χ1) is 26.7. The van der Waals surface area contributed by atoms with Gasteiger partial charge in [-0.1, -0.05) is 140 Å². The minimum absolute atomic E-state index is 0.191. The SMILES string of the molecule is c1ccc2c(c1)-c1cc(-c3ccc(N(c4cccc5ccccc45)c4cc5ccccc5c5ccccc45)cc3)ccc1C21CC2CCC3CC2CC1C3.